The van der Waals surface area contributed by atoms with Crippen LogP contribution >= 0.6 is 0 Å². The molecule has 7 heteroatoms. The van der Waals surface area contributed by atoms with Crippen LogP contribution in [0.25, 0.3) is 5.52 Å². The lowest BCUT2D eigenvalue weighted by Gasteiger charge is -2.31. The van der Waals surface area contributed by atoms with Crippen molar-refractivity contribution in [2.45, 2.75) is 19.8 Å². The number of aromatic nitrogens is 4. The zero-order chi connectivity index (χ0) is 13.4. The summed E-state index contributed by atoms with van der Waals surface area (Å²) in [5.41, 5.74) is 1.73. The third-order valence-corrected chi connectivity index (χ3v) is 3.54. The molecule has 3 heterocycles. The van der Waals surface area contributed by atoms with Crippen molar-refractivity contribution < 1.29 is 9.90 Å². The van der Waals surface area contributed by atoms with Gasteiger partial charge in [0.25, 0.3) is 0 Å². The Kier molecular flexibility index (Phi) is 2.81. The molecule has 1 fully saturated rings. The van der Waals surface area contributed by atoms with Gasteiger partial charge in [0.05, 0.1) is 24.0 Å². The lowest BCUT2D eigenvalue weighted by molar-refractivity contribution is -0.142. The summed E-state index contributed by atoms with van der Waals surface area (Å²) in [6.45, 7) is 3.32. The molecule has 1 aliphatic rings. The average Bonchev–Trinajstić information content (AvgIpc) is 2.85. The minimum atomic E-state index is -0.701. The van der Waals surface area contributed by atoms with Crippen LogP contribution in [0.15, 0.2) is 12.4 Å². The van der Waals surface area contributed by atoms with Crippen LogP contribution in [0.5, 0.6) is 0 Å². The van der Waals surface area contributed by atoms with Gasteiger partial charge >= 0.3 is 5.97 Å². The quantitative estimate of drug-likeness (QED) is 0.858. The maximum Gasteiger partial charge on any atom is 0.306 e. The van der Waals surface area contributed by atoms with Crippen LogP contribution in [-0.2, 0) is 4.79 Å². The summed E-state index contributed by atoms with van der Waals surface area (Å²) >= 11 is 0. The number of fused-ring (bicyclic) bond motifs is 1. The van der Waals surface area contributed by atoms with Crippen molar-refractivity contribution in [1.29, 1.82) is 0 Å². The Labute approximate surface area is 109 Å². The molecule has 0 atom stereocenters. The first-order valence-electron chi connectivity index (χ1n) is 6.30. The second kappa shape index (κ2) is 4.49. The van der Waals surface area contributed by atoms with Gasteiger partial charge in [-0.2, -0.15) is 0 Å². The number of aryl methyl sites for hydroxylation is 1. The van der Waals surface area contributed by atoms with Crippen LogP contribution in [0.1, 0.15) is 18.5 Å². The molecule has 0 spiro atoms. The molecule has 0 unspecified atom stereocenters. The molecule has 100 valence electrons. The van der Waals surface area contributed by atoms with Crippen LogP contribution in [0, 0.1) is 12.8 Å². The van der Waals surface area contributed by atoms with Crippen molar-refractivity contribution in [1.82, 2.24) is 19.8 Å². The number of carboxylic acids is 1. The van der Waals surface area contributed by atoms with Gasteiger partial charge in [-0.05, 0) is 19.8 Å². The van der Waals surface area contributed by atoms with Crippen LogP contribution in [0.3, 0.4) is 0 Å². The zero-order valence-corrected chi connectivity index (χ0v) is 10.7. The summed E-state index contributed by atoms with van der Waals surface area (Å²) < 4.78 is 1.71. The van der Waals surface area contributed by atoms with Gasteiger partial charge in [0, 0.05) is 13.1 Å². The monoisotopic (exact) mass is 261 g/mol. The van der Waals surface area contributed by atoms with E-state index in [0.29, 0.717) is 25.9 Å². The SMILES string of the molecule is Cc1cn2nncc2c(N2CCC(C(=O)O)CC2)n1. The van der Waals surface area contributed by atoms with E-state index in [0.717, 1.165) is 17.0 Å². The molecule has 0 saturated carbocycles. The first kappa shape index (κ1) is 11.9. The van der Waals surface area contributed by atoms with Crippen LogP contribution in [0.4, 0.5) is 5.82 Å². The minimum absolute atomic E-state index is 0.236. The fourth-order valence-electron chi connectivity index (χ4n) is 2.50. The van der Waals surface area contributed by atoms with Gasteiger partial charge in [0.1, 0.15) is 5.52 Å². The van der Waals surface area contributed by atoms with E-state index in [1.807, 2.05) is 13.1 Å². The van der Waals surface area contributed by atoms with Gasteiger partial charge in [-0.3, -0.25) is 4.79 Å². The van der Waals surface area contributed by atoms with E-state index in [4.69, 9.17) is 5.11 Å². The van der Waals surface area contributed by atoms with Crippen molar-refractivity contribution in [2.24, 2.45) is 5.92 Å². The second-order valence-corrected chi connectivity index (χ2v) is 4.87. The van der Waals surface area contributed by atoms with E-state index in [1.165, 1.54) is 0 Å². The number of anilines is 1. The van der Waals surface area contributed by atoms with Gasteiger partial charge in [0.2, 0.25) is 0 Å². The summed E-state index contributed by atoms with van der Waals surface area (Å²) in [6, 6.07) is 0. The predicted octanol–water partition coefficient (Wildman–Crippen LogP) is 0.734. The topological polar surface area (TPSA) is 83.6 Å². The third kappa shape index (κ3) is 2.11. The molecule has 0 radical (unpaired) electrons. The number of hydrogen-bond acceptors (Lipinski definition) is 5. The first-order valence-corrected chi connectivity index (χ1v) is 6.30. The standard InChI is InChI=1S/C12H15N5O2/c1-8-7-17-10(6-13-15-17)11(14-8)16-4-2-9(3-5-16)12(18)19/h6-7,9H,2-5H2,1H3,(H,18,19). The van der Waals surface area contributed by atoms with E-state index in [9.17, 15) is 4.79 Å². The van der Waals surface area contributed by atoms with Crippen LogP contribution in [0.2, 0.25) is 0 Å². The molecule has 19 heavy (non-hydrogen) atoms. The Bertz CT molecular complexity index is 616. The molecule has 2 aromatic rings. The molecule has 1 N–H and O–H groups in total. The number of rotatable bonds is 2. The Hall–Kier alpha value is -2.18. The molecule has 2 aromatic heterocycles. The zero-order valence-electron chi connectivity index (χ0n) is 10.7. The number of carboxylic acid groups (broad SMARTS) is 1. The van der Waals surface area contributed by atoms with Gasteiger partial charge in [-0.25, -0.2) is 9.50 Å². The van der Waals surface area contributed by atoms with Gasteiger partial charge in [0.15, 0.2) is 5.82 Å². The minimum Gasteiger partial charge on any atom is -0.481 e. The third-order valence-electron chi connectivity index (χ3n) is 3.54. The predicted molar refractivity (Wildman–Crippen MR) is 68.1 cm³/mol. The Balaban J connectivity index is 1.89. The summed E-state index contributed by atoms with van der Waals surface area (Å²) in [6.07, 6.45) is 4.82. The second-order valence-electron chi connectivity index (χ2n) is 4.87. The maximum atomic E-state index is 11.0. The van der Waals surface area contributed by atoms with E-state index in [2.05, 4.69) is 20.2 Å². The lowest BCUT2D eigenvalue weighted by Crippen LogP contribution is -2.37. The van der Waals surface area contributed by atoms with E-state index < -0.39 is 5.97 Å². The molecule has 7 nitrogen and oxygen atoms in total. The molecule has 1 aliphatic heterocycles. The highest BCUT2D eigenvalue weighted by molar-refractivity contribution is 5.71. The Morgan fingerprint density at radius 1 is 1.42 bits per heavy atom. The van der Waals surface area contributed by atoms with Crippen molar-refractivity contribution >= 4 is 17.3 Å². The highest BCUT2D eigenvalue weighted by Gasteiger charge is 2.26. The Morgan fingerprint density at radius 2 is 2.16 bits per heavy atom. The van der Waals surface area contributed by atoms with Crippen LogP contribution < -0.4 is 4.90 Å². The molecule has 0 aromatic carbocycles. The summed E-state index contributed by atoms with van der Waals surface area (Å²) in [7, 11) is 0. The highest BCUT2D eigenvalue weighted by Crippen LogP contribution is 2.25. The number of nitrogens with zero attached hydrogens (tertiary/aromatic N) is 5. The number of carbonyl (C=O) groups is 1. The van der Waals surface area contributed by atoms with Crippen molar-refractivity contribution in [2.75, 3.05) is 18.0 Å². The van der Waals surface area contributed by atoms with Gasteiger partial charge < -0.3 is 10.0 Å². The average molecular weight is 261 g/mol. The van der Waals surface area contributed by atoms with Gasteiger partial charge in [-0.15, -0.1) is 5.10 Å². The molecule has 0 bridgehead atoms. The smallest absolute Gasteiger partial charge is 0.306 e. The molecular formula is C12H15N5O2. The first-order chi connectivity index (χ1) is 9.15. The summed E-state index contributed by atoms with van der Waals surface area (Å²) in [5, 5.41) is 16.9. The normalized spacial score (nSPS) is 17.0. The van der Waals surface area contributed by atoms with E-state index >= 15 is 0 Å². The molecule has 0 aliphatic carbocycles. The summed E-state index contributed by atoms with van der Waals surface area (Å²) in [5.74, 6) is -0.0954. The Morgan fingerprint density at radius 3 is 2.84 bits per heavy atom. The molecule has 3 rings (SSSR count). The van der Waals surface area contributed by atoms with Crippen molar-refractivity contribution in [3.8, 4) is 0 Å². The van der Waals surface area contributed by atoms with Gasteiger partial charge in [-0.1, -0.05) is 5.21 Å². The lowest BCUT2D eigenvalue weighted by atomic mass is 9.97. The van der Waals surface area contributed by atoms with E-state index in [1.54, 1.807) is 10.7 Å². The molecule has 1 saturated heterocycles. The van der Waals surface area contributed by atoms with Crippen molar-refractivity contribution in [3.05, 3.63) is 18.1 Å². The number of piperidine rings is 1. The fourth-order valence-corrected chi connectivity index (χ4v) is 2.50. The highest BCUT2D eigenvalue weighted by atomic mass is 16.4. The fraction of sp³-hybridized carbons (Fsp3) is 0.500. The maximum absolute atomic E-state index is 11.0. The number of aliphatic carboxylic acids is 1. The molecular weight excluding hydrogens is 246 g/mol. The van der Waals surface area contributed by atoms with E-state index in [-0.39, 0.29) is 5.92 Å². The van der Waals surface area contributed by atoms with Crippen LogP contribution in [-0.4, -0.2) is 44.0 Å². The largest absolute Gasteiger partial charge is 0.481 e. The number of hydrogen-bond donors (Lipinski definition) is 1. The molecule has 0 amide bonds. The van der Waals surface area contributed by atoms with Crippen molar-refractivity contribution in [3.63, 3.8) is 0 Å². The summed E-state index contributed by atoms with van der Waals surface area (Å²) in [4.78, 5) is 17.6.